The highest BCUT2D eigenvalue weighted by molar-refractivity contribution is 6.29. The van der Waals surface area contributed by atoms with Crippen molar-refractivity contribution in [2.45, 2.75) is 18.9 Å². The SMILES string of the molecule is N#Cc1ccc(N2CC(CN3CCC(Nc4ncnc5ccc(Cl)nc45)CC3)C2)cc1. The average molecular weight is 434 g/mol. The maximum atomic E-state index is 8.93. The summed E-state index contributed by atoms with van der Waals surface area (Å²) in [7, 11) is 0. The minimum atomic E-state index is 0.381. The number of hydrogen-bond donors (Lipinski definition) is 1. The Balaban J connectivity index is 1.10. The van der Waals surface area contributed by atoms with Crippen LogP contribution in [0.15, 0.2) is 42.7 Å². The molecule has 0 unspecified atom stereocenters. The predicted octanol–water partition coefficient (Wildman–Crippen LogP) is 3.56. The molecule has 0 atom stereocenters. The van der Waals surface area contributed by atoms with Crippen molar-refractivity contribution in [3.05, 3.63) is 53.4 Å². The summed E-state index contributed by atoms with van der Waals surface area (Å²) in [6.07, 6.45) is 3.74. The zero-order valence-corrected chi connectivity index (χ0v) is 18.0. The fourth-order valence-electron chi connectivity index (χ4n) is 4.48. The van der Waals surface area contributed by atoms with Gasteiger partial charge >= 0.3 is 0 Å². The topological polar surface area (TPSA) is 81.0 Å². The highest BCUT2D eigenvalue weighted by atomic mass is 35.5. The first-order valence-corrected chi connectivity index (χ1v) is 11.1. The highest BCUT2D eigenvalue weighted by Gasteiger charge is 2.30. The molecule has 0 aliphatic carbocycles. The van der Waals surface area contributed by atoms with E-state index in [0.717, 1.165) is 62.4 Å². The van der Waals surface area contributed by atoms with E-state index in [1.807, 2.05) is 30.3 Å². The summed E-state index contributed by atoms with van der Waals surface area (Å²) in [6, 6.07) is 14.1. The molecule has 2 saturated heterocycles. The first kappa shape index (κ1) is 20.0. The fourth-order valence-corrected chi connectivity index (χ4v) is 4.63. The summed E-state index contributed by atoms with van der Waals surface area (Å²) in [5.74, 6) is 1.47. The van der Waals surface area contributed by atoms with Crippen molar-refractivity contribution in [1.29, 1.82) is 5.26 Å². The highest BCUT2D eigenvalue weighted by Crippen LogP contribution is 2.27. The Morgan fingerprint density at radius 1 is 1.06 bits per heavy atom. The van der Waals surface area contributed by atoms with Crippen molar-refractivity contribution < 1.29 is 0 Å². The van der Waals surface area contributed by atoms with Crippen molar-refractivity contribution in [2.75, 3.05) is 42.9 Å². The molecule has 2 aromatic heterocycles. The molecular weight excluding hydrogens is 410 g/mol. The summed E-state index contributed by atoms with van der Waals surface area (Å²) in [4.78, 5) is 18.0. The predicted molar refractivity (Wildman–Crippen MR) is 122 cm³/mol. The number of nitrogens with one attached hydrogen (secondary N) is 1. The molecule has 3 aromatic rings. The third-order valence-electron chi connectivity index (χ3n) is 6.21. The van der Waals surface area contributed by atoms with Gasteiger partial charge in [0.15, 0.2) is 5.82 Å². The van der Waals surface area contributed by atoms with Crippen LogP contribution in [0.5, 0.6) is 0 Å². The standard InChI is InChI=1S/C23H24ClN7/c24-21-6-5-20-22(29-21)23(27-15-26-20)28-18-7-9-30(10-8-18)12-17-13-31(14-17)19-3-1-16(11-25)2-4-19/h1-6,15,17-18H,7-10,12-14H2,(H,26,27,28). The van der Waals surface area contributed by atoms with E-state index in [4.69, 9.17) is 16.9 Å². The van der Waals surface area contributed by atoms with Crippen LogP contribution in [0.4, 0.5) is 11.5 Å². The van der Waals surface area contributed by atoms with Crippen LogP contribution in [0.25, 0.3) is 11.0 Å². The van der Waals surface area contributed by atoms with Gasteiger partial charge in [-0.05, 0) is 49.2 Å². The van der Waals surface area contributed by atoms with Gasteiger partial charge in [-0.15, -0.1) is 0 Å². The minimum Gasteiger partial charge on any atom is -0.371 e. The Labute approximate surface area is 186 Å². The number of aromatic nitrogens is 3. The second-order valence-electron chi connectivity index (χ2n) is 8.37. The van der Waals surface area contributed by atoms with Gasteiger partial charge in [0.1, 0.15) is 17.0 Å². The van der Waals surface area contributed by atoms with E-state index in [1.54, 1.807) is 12.4 Å². The lowest BCUT2D eigenvalue weighted by molar-refractivity contribution is 0.174. The molecule has 7 nitrogen and oxygen atoms in total. The van der Waals surface area contributed by atoms with E-state index in [0.29, 0.717) is 22.7 Å². The molecule has 5 rings (SSSR count). The summed E-state index contributed by atoms with van der Waals surface area (Å²) < 4.78 is 0. The van der Waals surface area contributed by atoms with Crippen LogP contribution in [0.3, 0.4) is 0 Å². The molecule has 0 radical (unpaired) electrons. The molecular formula is C23H24ClN7. The van der Waals surface area contributed by atoms with Crippen molar-refractivity contribution in [3.8, 4) is 6.07 Å². The van der Waals surface area contributed by atoms with Gasteiger partial charge in [-0.1, -0.05) is 11.6 Å². The second kappa shape index (κ2) is 8.66. The van der Waals surface area contributed by atoms with Crippen LogP contribution in [-0.2, 0) is 0 Å². The number of halogens is 1. The normalized spacial score (nSPS) is 18.0. The largest absolute Gasteiger partial charge is 0.371 e. The van der Waals surface area contributed by atoms with Crippen LogP contribution in [0.2, 0.25) is 5.15 Å². The Morgan fingerprint density at radius 3 is 2.58 bits per heavy atom. The molecule has 4 heterocycles. The van der Waals surface area contributed by atoms with E-state index in [1.165, 1.54) is 5.69 Å². The molecule has 31 heavy (non-hydrogen) atoms. The molecule has 0 saturated carbocycles. The number of hydrogen-bond acceptors (Lipinski definition) is 7. The van der Waals surface area contributed by atoms with Crippen LogP contribution >= 0.6 is 11.6 Å². The molecule has 0 bridgehead atoms. The molecule has 2 aliphatic heterocycles. The van der Waals surface area contributed by atoms with Gasteiger partial charge in [0.25, 0.3) is 0 Å². The second-order valence-corrected chi connectivity index (χ2v) is 8.76. The lowest BCUT2D eigenvalue weighted by atomic mass is 9.96. The number of fused-ring (bicyclic) bond motifs is 1. The summed E-state index contributed by atoms with van der Waals surface area (Å²) in [5.41, 5.74) is 3.46. The van der Waals surface area contributed by atoms with Gasteiger partial charge in [-0.3, -0.25) is 0 Å². The minimum absolute atomic E-state index is 0.381. The number of anilines is 2. The van der Waals surface area contributed by atoms with Crippen molar-refractivity contribution in [3.63, 3.8) is 0 Å². The fraction of sp³-hybridized carbons (Fsp3) is 0.391. The molecule has 8 heteroatoms. The zero-order chi connectivity index (χ0) is 21.2. The summed E-state index contributed by atoms with van der Waals surface area (Å²) >= 11 is 6.07. The Kier molecular flexibility index (Phi) is 5.58. The lowest BCUT2D eigenvalue weighted by Crippen LogP contribution is -2.53. The quantitative estimate of drug-likeness (QED) is 0.616. The van der Waals surface area contributed by atoms with Crippen molar-refractivity contribution >= 4 is 34.1 Å². The first-order chi connectivity index (χ1) is 15.2. The van der Waals surface area contributed by atoms with E-state index in [2.05, 4.69) is 36.1 Å². The number of nitriles is 1. The van der Waals surface area contributed by atoms with Gasteiger partial charge in [-0.2, -0.15) is 5.26 Å². The van der Waals surface area contributed by atoms with Gasteiger partial charge in [0.05, 0.1) is 17.1 Å². The van der Waals surface area contributed by atoms with Gasteiger partial charge < -0.3 is 15.1 Å². The Morgan fingerprint density at radius 2 is 1.84 bits per heavy atom. The number of benzene rings is 1. The van der Waals surface area contributed by atoms with Crippen LogP contribution in [0.1, 0.15) is 18.4 Å². The lowest BCUT2D eigenvalue weighted by Gasteiger charge is -2.44. The molecule has 1 N–H and O–H groups in total. The van der Waals surface area contributed by atoms with E-state index >= 15 is 0 Å². The van der Waals surface area contributed by atoms with E-state index in [-0.39, 0.29) is 0 Å². The van der Waals surface area contributed by atoms with E-state index < -0.39 is 0 Å². The number of rotatable bonds is 5. The number of piperidine rings is 1. The maximum Gasteiger partial charge on any atom is 0.156 e. The third kappa shape index (κ3) is 4.41. The number of pyridine rings is 1. The molecule has 158 valence electrons. The van der Waals surface area contributed by atoms with Gasteiger partial charge in [0.2, 0.25) is 0 Å². The summed E-state index contributed by atoms with van der Waals surface area (Å²) in [6.45, 7) is 5.49. The van der Waals surface area contributed by atoms with Gasteiger partial charge in [-0.25, -0.2) is 15.0 Å². The van der Waals surface area contributed by atoms with Crippen molar-refractivity contribution in [2.24, 2.45) is 5.92 Å². The smallest absolute Gasteiger partial charge is 0.156 e. The number of likely N-dealkylation sites (tertiary alicyclic amines) is 1. The number of nitrogens with zero attached hydrogens (tertiary/aromatic N) is 6. The monoisotopic (exact) mass is 433 g/mol. The first-order valence-electron chi connectivity index (χ1n) is 10.7. The van der Waals surface area contributed by atoms with Gasteiger partial charge in [0, 0.05) is 50.4 Å². The molecule has 2 fully saturated rings. The summed E-state index contributed by atoms with van der Waals surface area (Å²) in [5, 5.41) is 12.9. The van der Waals surface area contributed by atoms with Crippen LogP contribution < -0.4 is 10.2 Å². The maximum absolute atomic E-state index is 8.93. The average Bonchev–Trinajstić information content (AvgIpc) is 2.77. The molecule has 2 aliphatic rings. The Bertz CT molecular complexity index is 1100. The zero-order valence-electron chi connectivity index (χ0n) is 17.2. The molecule has 1 aromatic carbocycles. The Hall–Kier alpha value is -2.95. The molecule has 0 amide bonds. The van der Waals surface area contributed by atoms with Crippen molar-refractivity contribution in [1.82, 2.24) is 19.9 Å². The van der Waals surface area contributed by atoms with Crippen LogP contribution in [-0.4, -0.2) is 58.6 Å². The third-order valence-corrected chi connectivity index (χ3v) is 6.42. The van der Waals surface area contributed by atoms with Crippen LogP contribution in [0, 0.1) is 17.2 Å². The molecule has 0 spiro atoms. The van der Waals surface area contributed by atoms with E-state index in [9.17, 15) is 0 Å².